The summed E-state index contributed by atoms with van der Waals surface area (Å²) in [4.78, 5) is 23.1. The Morgan fingerprint density at radius 1 is 0.929 bits per heavy atom. The molecule has 2 aromatic heterocycles. The number of piperazine rings is 1. The van der Waals surface area contributed by atoms with Gasteiger partial charge in [-0.25, -0.2) is 9.97 Å². The Morgan fingerprint density at radius 3 is 2.39 bits per heavy atom. The highest BCUT2D eigenvalue weighted by Crippen LogP contribution is 2.25. The van der Waals surface area contributed by atoms with Gasteiger partial charge in [0.15, 0.2) is 17.0 Å². The number of hydrogen-bond acceptors (Lipinski definition) is 7. The number of rotatable bonds is 4. The Kier molecular flexibility index (Phi) is 5.09. The fraction of sp³-hybridized carbons (Fsp3) is 0.429. The van der Waals surface area contributed by atoms with Crippen LogP contribution in [0, 0.1) is 13.8 Å². The maximum Gasteiger partial charge on any atom is 0.229 e. The molecule has 1 aromatic carbocycles. The second-order valence-corrected chi connectivity index (χ2v) is 7.64. The molecule has 28 heavy (non-hydrogen) atoms. The van der Waals surface area contributed by atoms with E-state index in [4.69, 9.17) is 4.98 Å². The third kappa shape index (κ3) is 3.75. The standard InChI is InChI=1S/C21H27N7/c1-14(2)27-9-11-28(12-10-27)21-25-19-18(22-7-8-23-19)20(26-21)24-17-6-5-15(3)16(4)13-17/h5-8,13-14H,9-12H2,1-4H3,(H,23,24,25,26). The molecule has 4 rings (SSSR count). The summed E-state index contributed by atoms with van der Waals surface area (Å²) in [5, 5.41) is 3.43. The van der Waals surface area contributed by atoms with E-state index in [9.17, 15) is 0 Å². The van der Waals surface area contributed by atoms with E-state index < -0.39 is 0 Å². The highest BCUT2D eigenvalue weighted by molar-refractivity contribution is 5.85. The van der Waals surface area contributed by atoms with Crippen LogP contribution in [0.5, 0.6) is 0 Å². The first-order valence-corrected chi connectivity index (χ1v) is 9.83. The number of anilines is 3. The molecule has 0 amide bonds. The topological polar surface area (TPSA) is 70.1 Å². The fourth-order valence-corrected chi connectivity index (χ4v) is 3.48. The average molecular weight is 377 g/mol. The monoisotopic (exact) mass is 377 g/mol. The zero-order valence-electron chi connectivity index (χ0n) is 17.0. The molecule has 7 nitrogen and oxygen atoms in total. The van der Waals surface area contributed by atoms with Crippen LogP contribution in [0.25, 0.3) is 11.2 Å². The maximum absolute atomic E-state index is 4.82. The van der Waals surface area contributed by atoms with Gasteiger partial charge in [-0.1, -0.05) is 6.07 Å². The molecule has 0 atom stereocenters. The summed E-state index contributed by atoms with van der Waals surface area (Å²) in [6.45, 7) is 12.5. The number of hydrogen-bond donors (Lipinski definition) is 1. The van der Waals surface area contributed by atoms with Gasteiger partial charge < -0.3 is 10.2 Å². The van der Waals surface area contributed by atoms with Gasteiger partial charge in [0.05, 0.1) is 0 Å². The van der Waals surface area contributed by atoms with Gasteiger partial charge in [-0.05, 0) is 51.0 Å². The van der Waals surface area contributed by atoms with Gasteiger partial charge in [0.2, 0.25) is 5.95 Å². The highest BCUT2D eigenvalue weighted by atomic mass is 15.3. The van der Waals surface area contributed by atoms with Crippen molar-refractivity contribution in [2.45, 2.75) is 33.7 Å². The fourth-order valence-electron chi connectivity index (χ4n) is 3.48. The minimum Gasteiger partial charge on any atom is -0.338 e. The second-order valence-electron chi connectivity index (χ2n) is 7.64. The van der Waals surface area contributed by atoms with Crippen molar-refractivity contribution in [1.29, 1.82) is 0 Å². The zero-order valence-corrected chi connectivity index (χ0v) is 17.0. The van der Waals surface area contributed by atoms with Crippen LogP contribution < -0.4 is 10.2 Å². The van der Waals surface area contributed by atoms with Crippen molar-refractivity contribution in [3.8, 4) is 0 Å². The summed E-state index contributed by atoms with van der Waals surface area (Å²) in [7, 11) is 0. The van der Waals surface area contributed by atoms with Crippen LogP contribution in [0.3, 0.4) is 0 Å². The average Bonchev–Trinajstić information content (AvgIpc) is 2.71. The van der Waals surface area contributed by atoms with Crippen molar-refractivity contribution in [2.24, 2.45) is 0 Å². The van der Waals surface area contributed by atoms with Gasteiger partial charge in [0, 0.05) is 50.3 Å². The number of benzene rings is 1. The lowest BCUT2D eigenvalue weighted by Gasteiger charge is -2.36. The molecule has 146 valence electrons. The quantitative estimate of drug-likeness (QED) is 0.748. The van der Waals surface area contributed by atoms with Crippen LogP contribution in [0.1, 0.15) is 25.0 Å². The predicted octanol–water partition coefficient (Wildman–Crippen LogP) is 3.31. The van der Waals surface area contributed by atoms with Crippen molar-refractivity contribution < 1.29 is 0 Å². The Bertz CT molecular complexity index is 978. The summed E-state index contributed by atoms with van der Waals surface area (Å²) in [5.41, 5.74) is 4.79. The summed E-state index contributed by atoms with van der Waals surface area (Å²) in [6.07, 6.45) is 3.36. The minimum atomic E-state index is 0.563. The molecule has 1 fully saturated rings. The van der Waals surface area contributed by atoms with Crippen molar-refractivity contribution in [3.05, 3.63) is 41.7 Å². The predicted molar refractivity (Wildman–Crippen MR) is 113 cm³/mol. The third-order valence-corrected chi connectivity index (χ3v) is 5.42. The molecule has 0 spiro atoms. The number of aromatic nitrogens is 4. The van der Waals surface area contributed by atoms with E-state index in [1.165, 1.54) is 11.1 Å². The second kappa shape index (κ2) is 7.67. The Hall–Kier alpha value is -2.80. The zero-order chi connectivity index (χ0) is 19.7. The first kappa shape index (κ1) is 18.6. The molecule has 0 bridgehead atoms. The van der Waals surface area contributed by atoms with Crippen LogP contribution in [-0.4, -0.2) is 57.1 Å². The number of nitrogens with zero attached hydrogens (tertiary/aromatic N) is 6. The summed E-state index contributed by atoms with van der Waals surface area (Å²) < 4.78 is 0. The number of fused-ring (bicyclic) bond motifs is 1. The lowest BCUT2D eigenvalue weighted by Crippen LogP contribution is -2.49. The number of nitrogens with one attached hydrogen (secondary N) is 1. The lowest BCUT2D eigenvalue weighted by molar-refractivity contribution is 0.208. The molecule has 3 aromatic rings. The molecule has 1 aliphatic heterocycles. The van der Waals surface area contributed by atoms with Crippen molar-refractivity contribution >= 4 is 28.6 Å². The van der Waals surface area contributed by atoms with E-state index in [-0.39, 0.29) is 0 Å². The first-order chi connectivity index (χ1) is 13.5. The number of aryl methyl sites for hydroxylation is 2. The molecule has 1 aliphatic rings. The molecular formula is C21H27N7. The van der Waals surface area contributed by atoms with Gasteiger partial charge >= 0.3 is 0 Å². The smallest absolute Gasteiger partial charge is 0.229 e. The third-order valence-electron chi connectivity index (χ3n) is 5.42. The van der Waals surface area contributed by atoms with Crippen LogP contribution in [0.2, 0.25) is 0 Å². The lowest BCUT2D eigenvalue weighted by atomic mass is 10.1. The SMILES string of the molecule is Cc1ccc(Nc2nc(N3CCN(C(C)C)CC3)nc3nccnc23)cc1C. The minimum absolute atomic E-state index is 0.563. The molecule has 3 heterocycles. The highest BCUT2D eigenvalue weighted by Gasteiger charge is 2.22. The van der Waals surface area contributed by atoms with Gasteiger partial charge in [-0.2, -0.15) is 9.97 Å². The normalized spacial score (nSPS) is 15.4. The summed E-state index contributed by atoms with van der Waals surface area (Å²) in [6, 6.07) is 6.86. The summed E-state index contributed by atoms with van der Waals surface area (Å²) >= 11 is 0. The molecule has 1 saturated heterocycles. The molecule has 0 radical (unpaired) electrons. The molecule has 7 heteroatoms. The van der Waals surface area contributed by atoms with Gasteiger partial charge in [-0.3, -0.25) is 4.90 Å². The van der Waals surface area contributed by atoms with E-state index in [0.717, 1.165) is 31.9 Å². The molecule has 0 aliphatic carbocycles. The van der Waals surface area contributed by atoms with Crippen LogP contribution in [0.15, 0.2) is 30.6 Å². The van der Waals surface area contributed by atoms with Crippen LogP contribution >= 0.6 is 0 Å². The van der Waals surface area contributed by atoms with E-state index in [0.29, 0.717) is 29.0 Å². The van der Waals surface area contributed by atoms with Crippen molar-refractivity contribution in [3.63, 3.8) is 0 Å². The van der Waals surface area contributed by atoms with Gasteiger partial charge in [-0.15, -0.1) is 0 Å². The van der Waals surface area contributed by atoms with E-state index in [2.05, 4.69) is 76.0 Å². The van der Waals surface area contributed by atoms with E-state index in [1.807, 2.05) is 0 Å². The Morgan fingerprint density at radius 2 is 1.68 bits per heavy atom. The largest absolute Gasteiger partial charge is 0.338 e. The van der Waals surface area contributed by atoms with E-state index in [1.54, 1.807) is 12.4 Å². The first-order valence-electron chi connectivity index (χ1n) is 9.83. The van der Waals surface area contributed by atoms with Crippen molar-refractivity contribution in [1.82, 2.24) is 24.8 Å². The van der Waals surface area contributed by atoms with Crippen LogP contribution in [-0.2, 0) is 0 Å². The van der Waals surface area contributed by atoms with E-state index >= 15 is 0 Å². The Balaban J connectivity index is 1.67. The molecule has 1 N–H and O–H groups in total. The Labute approximate surface area is 165 Å². The maximum atomic E-state index is 4.82. The molecule has 0 saturated carbocycles. The molecular weight excluding hydrogens is 350 g/mol. The van der Waals surface area contributed by atoms with Gasteiger partial charge in [0.1, 0.15) is 0 Å². The van der Waals surface area contributed by atoms with Crippen LogP contribution in [0.4, 0.5) is 17.5 Å². The van der Waals surface area contributed by atoms with Crippen molar-refractivity contribution in [2.75, 3.05) is 36.4 Å². The summed E-state index contributed by atoms with van der Waals surface area (Å²) in [5.74, 6) is 1.41. The van der Waals surface area contributed by atoms with Gasteiger partial charge in [0.25, 0.3) is 0 Å². The molecule has 0 unspecified atom stereocenters.